The minimum Gasteiger partial charge on any atom is -0.481 e. The first-order chi connectivity index (χ1) is 10.6. The number of rotatable bonds is 4. The van der Waals surface area contributed by atoms with Gasteiger partial charge in [0.15, 0.2) is 5.05 Å². The lowest BCUT2D eigenvalue weighted by Crippen LogP contribution is -2.01. The van der Waals surface area contributed by atoms with E-state index in [1.54, 1.807) is 12.1 Å². The molecule has 0 amide bonds. The molecular weight excluding hydrogens is 304 g/mol. The normalized spacial score (nSPS) is 16.0. The monoisotopic (exact) mass is 318 g/mol. The van der Waals surface area contributed by atoms with Crippen LogP contribution < -0.4 is 14.2 Å². The van der Waals surface area contributed by atoms with Crippen molar-refractivity contribution in [3.8, 4) is 23.5 Å². The van der Waals surface area contributed by atoms with Crippen LogP contribution in [0.25, 0.3) is 0 Å². The number of benzene rings is 1. The van der Waals surface area contributed by atoms with Gasteiger partial charge in [0.2, 0.25) is 11.8 Å². The van der Waals surface area contributed by atoms with Gasteiger partial charge in [0.1, 0.15) is 11.9 Å². The predicted molar refractivity (Wildman–Crippen MR) is 82.9 cm³/mol. The van der Waals surface area contributed by atoms with Gasteiger partial charge in [-0.1, -0.05) is 12.1 Å². The molecule has 1 atom stereocenters. The molecule has 2 aromatic rings. The van der Waals surface area contributed by atoms with Crippen molar-refractivity contribution in [1.82, 2.24) is 9.97 Å². The summed E-state index contributed by atoms with van der Waals surface area (Å²) < 4.78 is 21.5. The lowest BCUT2D eigenvalue weighted by Gasteiger charge is -2.09. The molecule has 0 spiro atoms. The highest BCUT2D eigenvalue weighted by molar-refractivity contribution is 7.80. The van der Waals surface area contributed by atoms with E-state index in [0.717, 1.165) is 11.1 Å². The Morgan fingerprint density at radius 3 is 2.45 bits per heavy atom. The third-order valence-corrected chi connectivity index (χ3v) is 3.56. The molecule has 7 heteroatoms. The molecule has 6 nitrogen and oxygen atoms in total. The maximum absolute atomic E-state index is 5.78. The Hall–Kier alpha value is -2.41. The van der Waals surface area contributed by atoms with Crippen molar-refractivity contribution in [2.75, 3.05) is 14.2 Å². The third-order valence-electron chi connectivity index (χ3n) is 3.26. The highest BCUT2D eigenvalue weighted by atomic mass is 32.1. The maximum atomic E-state index is 5.78. The second-order valence-electron chi connectivity index (χ2n) is 4.61. The van der Waals surface area contributed by atoms with E-state index in [1.165, 1.54) is 14.2 Å². The first-order valence-electron chi connectivity index (χ1n) is 6.61. The van der Waals surface area contributed by atoms with Crippen LogP contribution in [-0.4, -0.2) is 29.2 Å². The number of hydrogen-bond donors (Lipinski definition) is 0. The topological polar surface area (TPSA) is 62.7 Å². The molecule has 1 aliphatic rings. The minimum absolute atomic E-state index is 0.0909. The van der Waals surface area contributed by atoms with Crippen LogP contribution >= 0.6 is 12.2 Å². The predicted octanol–water partition coefficient (Wildman–Crippen LogP) is 3.05. The summed E-state index contributed by atoms with van der Waals surface area (Å²) in [5.74, 6) is 1.24. The molecule has 2 heterocycles. The van der Waals surface area contributed by atoms with Crippen LogP contribution in [0.4, 0.5) is 0 Å². The molecule has 0 bridgehead atoms. The van der Waals surface area contributed by atoms with Gasteiger partial charge < -0.3 is 18.9 Å². The van der Waals surface area contributed by atoms with Gasteiger partial charge in [-0.3, -0.25) is 0 Å². The molecule has 0 saturated carbocycles. The Morgan fingerprint density at radius 1 is 1.14 bits per heavy atom. The van der Waals surface area contributed by atoms with E-state index in [-0.39, 0.29) is 12.1 Å². The van der Waals surface area contributed by atoms with Crippen molar-refractivity contribution in [3.63, 3.8) is 0 Å². The van der Waals surface area contributed by atoms with Gasteiger partial charge in [-0.15, -0.1) is 0 Å². The van der Waals surface area contributed by atoms with Crippen LogP contribution in [0, 0.1) is 0 Å². The van der Waals surface area contributed by atoms with Gasteiger partial charge in [-0.25, -0.2) is 0 Å². The highest BCUT2D eigenvalue weighted by Gasteiger charge is 2.28. The lowest BCUT2D eigenvalue weighted by atomic mass is 10.1. The summed E-state index contributed by atoms with van der Waals surface area (Å²) in [5.41, 5.74) is 1.74. The molecular formula is C15H14N2O4S. The maximum Gasteiger partial charge on any atom is 0.328 e. The quantitative estimate of drug-likeness (QED) is 0.803. The molecule has 114 valence electrons. The van der Waals surface area contributed by atoms with E-state index in [2.05, 4.69) is 9.97 Å². The zero-order chi connectivity index (χ0) is 15.7. The Kier molecular flexibility index (Phi) is 3.81. The van der Waals surface area contributed by atoms with Gasteiger partial charge in [0.05, 0.1) is 25.8 Å². The Balaban J connectivity index is 2.00. The van der Waals surface area contributed by atoms with Crippen LogP contribution in [-0.2, 0) is 4.74 Å². The van der Waals surface area contributed by atoms with Gasteiger partial charge in [0, 0.05) is 5.56 Å². The zero-order valence-corrected chi connectivity index (χ0v) is 13.1. The molecule has 0 saturated heterocycles. The smallest absolute Gasteiger partial charge is 0.328 e. The van der Waals surface area contributed by atoms with E-state index in [9.17, 15) is 0 Å². The van der Waals surface area contributed by atoms with E-state index in [1.807, 2.05) is 19.1 Å². The van der Waals surface area contributed by atoms with Crippen molar-refractivity contribution in [2.45, 2.75) is 13.0 Å². The van der Waals surface area contributed by atoms with E-state index in [4.69, 9.17) is 31.2 Å². The zero-order valence-electron chi connectivity index (χ0n) is 12.3. The number of hydrogen-bond acceptors (Lipinski definition) is 7. The molecule has 0 aliphatic carbocycles. The fourth-order valence-electron chi connectivity index (χ4n) is 2.21. The van der Waals surface area contributed by atoms with Gasteiger partial charge >= 0.3 is 6.01 Å². The molecule has 0 radical (unpaired) electrons. The van der Waals surface area contributed by atoms with Gasteiger partial charge in [-0.2, -0.15) is 9.97 Å². The standard InChI is InChI=1S/C15H14N2O4S/c1-8-9-5-4-6-10(13(9)14(22)20-8)21-15-16-11(18-2)7-12(17-15)19-3/h4-8H,1-3H3. The highest BCUT2D eigenvalue weighted by Crippen LogP contribution is 2.38. The molecule has 1 aromatic heterocycles. The molecule has 22 heavy (non-hydrogen) atoms. The summed E-state index contributed by atoms with van der Waals surface area (Å²) >= 11 is 5.26. The molecule has 1 unspecified atom stereocenters. The fourth-order valence-corrected chi connectivity index (χ4v) is 2.57. The van der Waals surface area contributed by atoms with Crippen LogP contribution in [0.2, 0.25) is 0 Å². The molecule has 1 aromatic carbocycles. The van der Waals surface area contributed by atoms with Crippen LogP contribution in [0.3, 0.4) is 0 Å². The second kappa shape index (κ2) is 5.76. The first-order valence-corrected chi connectivity index (χ1v) is 7.02. The lowest BCUT2D eigenvalue weighted by molar-refractivity contribution is 0.238. The van der Waals surface area contributed by atoms with Gasteiger partial charge in [0.25, 0.3) is 0 Å². The SMILES string of the molecule is COc1cc(OC)nc(Oc2cccc3c2C(=S)OC3C)n1. The summed E-state index contributed by atoms with van der Waals surface area (Å²) in [6.45, 7) is 1.94. The van der Waals surface area contributed by atoms with E-state index < -0.39 is 0 Å². The molecule has 0 N–H and O–H groups in total. The summed E-state index contributed by atoms with van der Waals surface area (Å²) in [5, 5.41) is 0.410. The van der Waals surface area contributed by atoms with Crippen molar-refractivity contribution in [3.05, 3.63) is 35.4 Å². The Bertz CT molecular complexity index is 713. The number of thiocarbonyl (C=S) groups is 1. The van der Waals surface area contributed by atoms with Crippen molar-refractivity contribution < 1.29 is 18.9 Å². The number of nitrogens with zero attached hydrogens (tertiary/aromatic N) is 2. The van der Waals surface area contributed by atoms with Crippen LogP contribution in [0.15, 0.2) is 24.3 Å². The largest absolute Gasteiger partial charge is 0.481 e. The van der Waals surface area contributed by atoms with Crippen molar-refractivity contribution in [1.29, 1.82) is 0 Å². The number of fused-ring (bicyclic) bond motifs is 1. The van der Waals surface area contributed by atoms with Crippen molar-refractivity contribution >= 4 is 17.3 Å². The average Bonchev–Trinajstić information content (AvgIpc) is 2.82. The molecule has 3 rings (SSSR count). The van der Waals surface area contributed by atoms with Crippen molar-refractivity contribution in [2.24, 2.45) is 0 Å². The van der Waals surface area contributed by atoms with Crippen LogP contribution in [0.1, 0.15) is 24.2 Å². The number of aromatic nitrogens is 2. The minimum atomic E-state index is -0.0909. The Morgan fingerprint density at radius 2 is 1.82 bits per heavy atom. The summed E-state index contributed by atoms with van der Waals surface area (Å²) in [7, 11) is 3.02. The van der Waals surface area contributed by atoms with Gasteiger partial charge in [-0.05, 0) is 25.2 Å². The Labute approximate surface area is 133 Å². The van der Waals surface area contributed by atoms with E-state index >= 15 is 0 Å². The van der Waals surface area contributed by atoms with E-state index in [0.29, 0.717) is 22.6 Å². The second-order valence-corrected chi connectivity index (χ2v) is 4.98. The van der Waals surface area contributed by atoms with Crippen LogP contribution in [0.5, 0.6) is 23.5 Å². The summed E-state index contributed by atoms with van der Waals surface area (Å²) in [6.07, 6.45) is -0.0909. The fraction of sp³-hybridized carbons (Fsp3) is 0.267. The first kappa shape index (κ1) is 14.5. The number of ether oxygens (including phenoxy) is 4. The molecule has 1 aliphatic heterocycles. The average molecular weight is 318 g/mol. The summed E-state index contributed by atoms with van der Waals surface area (Å²) in [6, 6.07) is 7.31. The number of methoxy groups -OCH3 is 2. The summed E-state index contributed by atoms with van der Waals surface area (Å²) in [4.78, 5) is 8.29. The molecule has 0 fully saturated rings. The third kappa shape index (κ3) is 2.55.